The molecule has 5 rings (SSSR count). The van der Waals surface area contributed by atoms with Crippen LogP contribution < -0.4 is 4.90 Å². The van der Waals surface area contributed by atoms with E-state index in [2.05, 4.69) is 46.0 Å². The normalized spacial score (nSPS) is 19.4. The van der Waals surface area contributed by atoms with Crippen LogP contribution in [0.25, 0.3) is 11.4 Å². The number of piperazine rings is 1. The first kappa shape index (κ1) is 21.0. The van der Waals surface area contributed by atoms with Gasteiger partial charge in [-0.05, 0) is 45.0 Å². The molecule has 1 aliphatic heterocycles. The van der Waals surface area contributed by atoms with Gasteiger partial charge in [-0.3, -0.25) is 14.6 Å². The molecule has 4 heterocycles. The summed E-state index contributed by atoms with van der Waals surface area (Å²) in [5.74, 6) is 1.76. The van der Waals surface area contributed by atoms with E-state index < -0.39 is 0 Å². The molecule has 0 bridgehead atoms. The van der Waals surface area contributed by atoms with Crippen LogP contribution in [0.3, 0.4) is 0 Å². The summed E-state index contributed by atoms with van der Waals surface area (Å²) in [4.78, 5) is 21.8. The minimum absolute atomic E-state index is 0.323. The first-order valence-electron chi connectivity index (χ1n) is 11.5. The van der Waals surface area contributed by atoms with Gasteiger partial charge in [-0.1, -0.05) is 6.07 Å². The fourth-order valence-corrected chi connectivity index (χ4v) is 4.81. The van der Waals surface area contributed by atoms with Crippen molar-refractivity contribution in [2.45, 2.75) is 31.8 Å². The summed E-state index contributed by atoms with van der Waals surface area (Å²) in [6.45, 7) is 4.82. The second-order valence-electron chi connectivity index (χ2n) is 9.10. The predicted octanol–water partition coefficient (Wildman–Crippen LogP) is 2.53. The summed E-state index contributed by atoms with van der Waals surface area (Å²) in [6, 6.07) is 6.76. The zero-order valence-electron chi connectivity index (χ0n) is 19.3. The van der Waals surface area contributed by atoms with Crippen molar-refractivity contribution in [3.63, 3.8) is 0 Å². The lowest BCUT2D eigenvalue weighted by Crippen LogP contribution is -2.45. The fourth-order valence-electron chi connectivity index (χ4n) is 4.81. The van der Waals surface area contributed by atoms with Gasteiger partial charge in [0.15, 0.2) is 5.82 Å². The molecular formula is C24H32N8. The smallest absolute Gasteiger partial charge is 0.164 e. The van der Waals surface area contributed by atoms with Crippen LogP contribution in [0.2, 0.25) is 0 Å². The van der Waals surface area contributed by atoms with Crippen LogP contribution in [-0.2, 0) is 20.0 Å². The highest BCUT2D eigenvalue weighted by Crippen LogP contribution is 2.33. The Kier molecular flexibility index (Phi) is 5.89. The molecular weight excluding hydrogens is 400 g/mol. The van der Waals surface area contributed by atoms with Gasteiger partial charge >= 0.3 is 0 Å². The summed E-state index contributed by atoms with van der Waals surface area (Å²) < 4.78 is 1.80. The van der Waals surface area contributed by atoms with Crippen molar-refractivity contribution in [1.29, 1.82) is 0 Å². The summed E-state index contributed by atoms with van der Waals surface area (Å²) >= 11 is 0. The van der Waals surface area contributed by atoms with Gasteiger partial charge in [0.2, 0.25) is 0 Å². The largest absolute Gasteiger partial charge is 0.354 e. The molecule has 168 valence electrons. The summed E-state index contributed by atoms with van der Waals surface area (Å²) in [6.07, 6.45) is 9.20. The number of pyridine rings is 1. The number of likely N-dealkylation sites (N-methyl/N-ethyl adjacent to an activating group) is 1. The van der Waals surface area contributed by atoms with Gasteiger partial charge in [0.05, 0.1) is 29.2 Å². The lowest BCUT2D eigenvalue weighted by molar-refractivity contribution is 0.206. The standard InChI is InChI=1S/C24H32N8/c1-29-10-12-32(13-11-29)22-14-20(27-24(28-22)19-15-26-31(3)16-19)17-30(2)21-8-4-6-18-7-5-9-25-23(18)21/h5,7,9,14-16,21H,4,6,8,10-13,17H2,1-3H3. The first-order valence-corrected chi connectivity index (χ1v) is 11.5. The van der Waals surface area contributed by atoms with Gasteiger partial charge in [0, 0.05) is 58.2 Å². The molecule has 32 heavy (non-hydrogen) atoms. The zero-order chi connectivity index (χ0) is 22.1. The zero-order valence-corrected chi connectivity index (χ0v) is 19.3. The van der Waals surface area contributed by atoms with Crippen molar-refractivity contribution in [2.24, 2.45) is 7.05 Å². The molecule has 8 nitrogen and oxygen atoms in total. The van der Waals surface area contributed by atoms with E-state index in [0.717, 1.165) is 68.5 Å². The van der Waals surface area contributed by atoms with E-state index in [-0.39, 0.29) is 0 Å². The molecule has 1 fully saturated rings. The van der Waals surface area contributed by atoms with Crippen LogP contribution in [0, 0.1) is 0 Å². The van der Waals surface area contributed by atoms with Crippen LogP contribution in [0.15, 0.2) is 36.8 Å². The molecule has 3 aromatic heterocycles. The summed E-state index contributed by atoms with van der Waals surface area (Å²) in [5.41, 5.74) is 4.60. The third-order valence-corrected chi connectivity index (χ3v) is 6.66. The topological polar surface area (TPSA) is 66.2 Å². The Hall–Kier alpha value is -2.84. The lowest BCUT2D eigenvalue weighted by atomic mass is 9.91. The lowest BCUT2D eigenvalue weighted by Gasteiger charge is -2.34. The highest BCUT2D eigenvalue weighted by molar-refractivity contribution is 5.56. The van der Waals surface area contributed by atoms with E-state index in [1.54, 1.807) is 4.68 Å². The average Bonchev–Trinajstić information content (AvgIpc) is 3.25. The Balaban J connectivity index is 1.44. The Morgan fingerprint density at radius 1 is 1.12 bits per heavy atom. The number of rotatable bonds is 5. The van der Waals surface area contributed by atoms with Crippen LogP contribution in [0.1, 0.15) is 35.8 Å². The van der Waals surface area contributed by atoms with E-state index in [9.17, 15) is 0 Å². The maximum atomic E-state index is 4.95. The fraction of sp³-hybridized carbons (Fsp3) is 0.500. The number of nitrogens with zero attached hydrogens (tertiary/aromatic N) is 8. The van der Waals surface area contributed by atoms with E-state index in [0.29, 0.717) is 6.04 Å². The quantitative estimate of drug-likeness (QED) is 0.614. The van der Waals surface area contributed by atoms with Gasteiger partial charge in [-0.2, -0.15) is 5.10 Å². The van der Waals surface area contributed by atoms with Crippen molar-refractivity contribution in [1.82, 2.24) is 34.5 Å². The third kappa shape index (κ3) is 4.38. The molecule has 0 spiro atoms. The van der Waals surface area contributed by atoms with Crippen molar-refractivity contribution in [3.8, 4) is 11.4 Å². The number of aryl methyl sites for hydroxylation is 2. The van der Waals surface area contributed by atoms with Gasteiger partial charge in [-0.25, -0.2) is 9.97 Å². The molecule has 1 unspecified atom stereocenters. The second-order valence-corrected chi connectivity index (χ2v) is 9.10. The number of hydrogen-bond donors (Lipinski definition) is 0. The van der Waals surface area contributed by atoms with E-state index >= 15 is 0 Å². The molecule has 0 radical (unpaired) electrons. The number of hydrogen-bond acceptors (Lipinski definition) is 7. The van der Waals surface area contributed by atoms with E-state index in [1.807, 2.05) is 31.7 Å². The maximum Gasteiger partial charge on any atom is 0.164 e. The Bertz CT molecular complexity index is 1070. The second kappa shape index (κ2) is 8.96. The molecule has 8 heteroatoms. The monoisotopic (exact) mass is 432 g/mol. The molecule has 1 aliphatic carbocycles. The first-order chi connectivity index (χ1) is 15.6. The molecule has 0 saturated carbocycles. The Morgan fingerprint density at radius 2 is 1.97 bits per heavy atom. The van der Waals surface area contributed by atoms with Crippen LogP contribution in [0.4, 0.5) is 5.82 Å². The molecule has 0 amide bonds. The summed E-state index contributed by atoms with van der Waals surface area (Å²) in [5, 5.41) is 4.33. The van der Waals surface area contributed by atoms with Gasteiger partial charge < -0.3 is 9.80 Å². The molecule has 1 atom stereocenters. The third-order valence-electron chi connectivity index (χ3n) is 6.66. The maximum absolute atomic E-state index is 4.95. The number of anilines is 1. The average molecular weight is 433 g/mol. The van der Waals surface area contributed by atoms with E-state index in [4.69, 9.17) is 15.0 Å². The van der Waals surface area contributed by atoms with Gasteiger partial charge in [0.1, 0.15) is 5.82 Å². The van der Waals surface area contributed by atoms with Crippen molar-refractivity contribution >= 4 is 5.82 Å². The van der Waals surface area contributed by atoms with Crippen LogP contribution >= 0.6 is 0 Å². The highest BCUT2D eigenvalue weighted by Gasteiger charge is 2.26. The minimum Gasteiger partial charge on any atom is -0.354 e. The van der Waals surface area contributed by atoms with Crippen molar-refractivity contribution in [2.75, 3.05) is 45.2 Å². The van der Waals surface area contributed by atoms with E-state index in [1.165, 1.54) is 17.7 Å². The van der Waals surface area contributed by atoms with Crippen LogP contribution in [0.5, 0.6) is 0 Å². The van der Waals surface area contributed by atoms with Crippen molar-refractivity contribution < 1.29 is 0 Å². The van der Waals surface area contributed by atoms with Gasteiger partial charge in [-0.15, -0.1) is 0 Å². The van der Waals surface area contributed by atoms with Crippen LogP contribution in [-0.4, -0.2) is 74.8 Å². The minimum atomic E-state index is 0.323. The highest BCUT2D eigenvalue weighted by atomic mass is 15.3. The molecule has 3 aromatic rings. The Morgan fingerprint density at radius 3 is 2.75 bits per heavy atom. The summed E-state index contributed by atoms with van der Waals surface area (Å²) in [7, 11) is 6.29. The number of aromatic nitrogens is 5. The predicted molar refractivity (Wildman–Crippen MR) is 125 cm³/mol. The SMILES string of the molecule is CN1CCN(c2cc(CN(C)C3CCCc4cccnc43)nc(-c3cnn(C)c3)n2)CC1. The Labute approximate surface area is 189 Å². The molecule has 0 N–H and O–H groups in total. The molecule has 1 saturated heterocycles. The van der Waals surface area contributed by atoms with Crippen molar-refractivity contribution in [3.05, 3.63) is 53.7 Å². The molecule has 2 aliphatic rings. The van der Waals surface area contributed by atoms with Gasteiger partial charge in [0.25, 0.3) is 0 Å². The molecule has 0 aromatic carbocycles. The number of fused-ring (bicyclic) bond motifs is 1.